The molecule has 1 aromatic rings. The van der Waals surface area contributed by atoms with Crippen LogP contribution in [-0.4, -0.2) is 31.9 Å². The summed E-state index contributed by atoms with van der Waals surface area (Å²) in [6, 6.07) is 0. The number of nitrogens with one attached hydrogen (secondary N) is 2. The fourth-order valence-electron chi connectivity index (χ4n) is 3.70. The highest BCUT2D eigenvalue weighted by atomic mass is 28.4. The second kappa shape index (κ2) is 6.40. The van der Waals surface area contributed by atoms with Crippen molar-refractivity contribution in [1.82, 2.24) is 10.2 Å². The van der Waals surface area contributed by atoms with E-state index in [2.05, 4.69) is 57.1 Å². The van der Waals surface area contributed by atoms with Crippen molar-refractivity contribution in [2.24, 2.45) is 0 Å². The molecule has 21 heavy (non-hydrogen) atoms. The van der Waals surface area contributed by atoms with Crippen LogP contribution in [0.25, 0.3) is 0 Å². The maximum Gasteiger partial charge on any atom is 0.260 e. The molecule has 0 unspecified atom stereocenters. The molecule has 1 aliphatic heterocycles. The van der Waals surface area contributed by atoms with Gasteiger partial charge in [0.05, 0.1) is 12.2 Å². The van der Waals surface area contributed by atoms with E-state index in [4.69, 9.17) is 9.16 Å². The lowest BCUT2D eigenvalue weighted by Gasteiger charge is -2.41. The molecule has 0 saturated carbocycles. The minimum absolute atomic E-state index is 0.524. The molecular weight excluding hydrogens is 282 g/mol. The van der Waals surface area contributed by atoms with Crippen molar-refractivity contribution in [2.75, 3.05) is 18.7 Å². The lowest BCUT2D eigenvalue weighted by molar-refractivity contribution is 0.159. The highest BCUT2D eigenvalue weighted by Gasteiger charge is 2.48. The highest BCUT2D eigenvalue weighted by Crippen LogP contribution is 2.43. The molecule has 0 spiro atoms. The Kier molecular flexibility index (Phi) is 4.98. The standard InChI is InChI=1S/C15H29N3O2Si/c1-10(2)21(11(3)4,12(5)6)20-15-13-7-8-19-9-16-14(13)17-18-15/h10-12H,7-9H2,1-6H3,(H2,16,17,18). The summed E-state index contributed by atoms with van der Waals surface area (Å²) in [5.41, 5.74) is 2.76. The number of aromatic amines is 1. The number of fused-ring (bicyclic) bond motifs is 1. The summed E-state index contributed by atoms with van der Waals surface area (Å²) in [5.74, 6) is 1.73. The predicted molar refractivity (Wildman–Crippen MR) is 88.4 cm³/mol. The van der Waals surface area contributed by atoms with Gasteiger partial charge >= 0.3 is 0 Å². The van der Waals surface area contributed by atoms with Crippen molar-refractivity contribution in [3.63, 3.8) is 0 Å². The van der Waals surface area contributed by atoms with Gasteiger partial charge in [-0.25, -0.2) is 0 Å². The molecule has 0 bridgehead atoms. The molecule has 0 saturated heterocycles. The third kappa shape index (κ3) is 2.96. The molecule has 2 heterocycles. The van der Waals surface area contributed by atoms with Gasteiger partial charge < -0.3 is 14.5 Å². The molecule has 2 rings (SSSR count). The third-order valence-electron chi connectivity index (χ3n) is 4.66. The first-order chi connectivity index (χ1) is 9.89. The zero-order valence-corrected chi connectivity index (χ0v) is 15.1. The number of ether oxygens (including phenoxy) is 1. The number of hydrogen-bond donors (Lipinski definition) is 2. The maximum atomic E-state index is 6.68. The Balaban J connectivity index is 2.35. The first-order valence-electron chi connectivity index (χ1n) is 7.97. The number of H-pyrrole nitrogens is 1. The third-order valence-corrected chi connectivity index (χ3v) is 10.6. The SMILES string of the molecule is CC(C)[Si](Oc1n[nH]c2c1CCOCN2)(C(C)C)C(C)C. The van der Waals surface area contributed by atoms with E-state index >= 15 is 0 Å². The van der Waals surface area contributed by atoms with Crippen LogP contribution in [0.4, 0.5) is 5.82 Å². The summed E-state index contributed by atoms with van der Waals surface area (Å²) >= 11 is 0. The van der Waals surface area contributed by atoms with Crippen molar-refractivity contribution in [2.45, 2.75) is 64.6 Å². The average molecular weight is 312 g/mol. The minimum atomic E-state index is -1.96. The quantitative estimate of drug-likeness (QED) is 0.810. The van der Waals surface area contributed by atoms with E-state index < -0.39 is 8.32 Å². The van der Waals surface area contributed by atoms with Crippen LogP contribution in [0.1, 0.15) is 47.1 Å². The Labute approximate surface area is 128 Å². The molecule has 0 radical (unpaired) electrons. The second-order valence-corrected chi connectivity index (χ2v) is 12.2. The molecule has 120 valence electrons. The Hall–Kier alpha value is -1.01. The predicted octanol–water partition coefficient (Wildman–Crippen LogP) is 3.91. The lowest BCUT2D eigenvalue weighted by Crippen LogP contribution is -2.51. The van der Waals surface area contributed by atoms with E-state index in [1.807, 2.05) is 0 Å². The van der Waals surface area contributed by atoms with Gasteiger partial charge in [0.1, 0.15) is 12.5 Å². The summed E-state index contributed by atoms with van der Waals surface area (Å²) in [4.78, 5) is 0. The van der Waals surface area contributed by atoms with Crippen LogP contribution >= 0.6 is 0 Å². The second-order valence-electron chi connectivity index (χ2n) is 6.78. The fraction of sp³-hybridized carbons (Fsp3) is 0.800. The van der Waals surface area contributed by atoms with Crippen molar-refractivity contribution in [1.29, 1.82) is 0 Å². The molecule has 1 aromatic heterocycles. The van der Waals surface area contributed by atoms with Crippen LogP contribution in [0, 0.1) is 0 Å². The van der Waals surface area contributed by atoms with Gasteiger partial charge in [0.25, 0.3) is 8.32 Å². The summed E-state index contributed by atoms with van der Waals surface area (Å²) in [6.45, 7) is 15.0. The molecular formula is C15H29N3O2Si. The highest BCUT2D eigenvalue weighted by molar-refractivity contribution is 6.78. The van der Waals surface area contributed by atoms with Gasteiger partial charge in [-0.05, 0) is 16.6 Å². The first-order valence-corrected chi connectivity index (χ1v) is 10.1. The molecule has 6 heteroatoms. The molecule has 0 fully saturated rings. The number of aromatic nitrogens is 2. The zero-order valence-electron chi connectivity index (χ0n) is 14.1. The van der Waals surface area contributed by atoms with Crippen LogP contribution in [0.5, 0.6) is 5.88 Å². The van der Waals surface area contributed by atoms with Crippen LogP contribution in [0.3, 0.4) is 0 Å². The zero-order chi connectivity index (χ0) is 15.6. The van der Waals surface area contributed by atoms with Gasteiger partial charge in [-0.1, -0.05) is 41.5 Å². The molecule has 0 aliphatic carbocycles. The van der Waals surface area contributed by atoms with E-state index in [1.165, 1.54) is 0 Å². The van der Waals surface area contributed by atoms with E-state index in [0.717, 1.165) is 23.7 Å². The monoisotopic (exact) mass is 311 g/mol. The topological polar surface area (TPSA) is 59.2 Å². The van der Waals surface area contributed by atoms with Crippen molar-refractivity contribution < 1.29 is 9.16 Å². The van der Waals surface area contributed by atoms with Crippen molar-refractivity contribution in [3.05, 3.63) is 5.56 Å². The largest absolute Gasteiger partial charge is 0.529 e. The van der Waals surface area contributed by atoms with E-state index in [-0.39, 0.29) is 0 Å². The summed E-state index contributed by atoms with van der Waals surface area (Å²) in [7, 11) is -1.96. The molecule has 0 aromatic carbocycles. The van der Waals surface area contributed by atoms with Crippen molar-refractivity contribution in [3.8, 4) is 5.88 Å². The van der Waals surface area contributed by atoms with Crippen molar-refractivity contribution >= 4 is 14.1 Å². The number of rotatable bonds is 5. The number of hydrogen-bond acceptors (Lipinski definition) is 4. The minimum Gasteiger partial charge on any atom is -0.529 e. The van der Waals surface area contributed by atoms with E-state index in [9.17, 15) is 0 Å². The molecule has 2 N–H and O–H groups in total. The van der Waals surface area contributed by atoms with Gasteiger partial charge in [-0.3, -0.25) is 5.10 Å². The average Bonchev–Trinajstić information content (AvgIpc) is 2.62. The van der Waals surface area contributed by atoms with E-state index in [0.29, 0.717) is 30.0 Å². The van der Waals surface area contributed by atoms with Gasteiger partial charge in [-0.2, -0.15) is 0 Å². The van der Waals surface area contributed by atoms with E-state index in [1.54, 1.807) is 0 Å². The van der Waals surface area contributed by atoms with Gasteiger partial charge in [0.15, 0.2) is 0 Å². The Bertz CT molecular complexity index is 450. The first kappa shape index (κ1) is 16.4. The Morgan fingerprint density at radius 2 is 1.71 bits per heavy atom. The van der Waals surface area contributed by atoms with Crippen LogP contribution in [-0.2, 0) is 11.2 Å². The van der Waals surface area contributed by atoms with Gasteiger partial charge in [-0.15, -0.1) is 5.10 Å². The summed E-state index contributed by atoms with van der Waals surface area (Å²) in [5, 5.41) is 10.7. The fourth-order valence-corrected chi connectivity index (χ4v) is 8.91. The summed E-state index contributed by atoms with van der Waals surface area (Å²) < 4.78 is 12.1. The van der Waals surface area contributed by atoms with Crippen LogP contribution in [0.2, 0.25) is 16.6 Å². The lowest BCUT2D eigenvalue weighted by atomic mass is 10.2. The molecule has 0 atom stereocenters. The molecule has 1 aliphatic rings. The number of anilines is 1. The normalized spacial score (nSPS) is 16.0. The van der Waals surface area contributed by atoms with Crippen LogP contribution < -0.4 is 9.74 Å². The summed E-state index contributed by atoms with van der Waals surface area (Å²) in [6.07, 6.45) is 0.840. The Morgan fingerprint density at radius 1 is 1.10 bits per heavy atom. The number of nitrogens with zero attached hydrogens (tertiary/aromatic N) is 1. The Morgan fingerprint density at radius 3 is 2.29 bits per heavy atom. The smallest absolute Gasteiger partial charge is 0.260 e. The maximum absolute atomic E-state index is 6.68. The van der Waals surface area contributed by atoms with Gasteiger partial charge in [0, 0.05) is 6.42 Å². The molecule has 5 nitrogen and oxygen atoms in total. The van der Waals surface area contributed by atoms with Gasteiger partial charge in [0.2, 0.25) is 5.88 Å². The van der Waals surface area contributed by atoms with Crippen LogP contribution in [0.15, 0.2) is 0 Å². The molecule has 0 amide bonds.